The SMILES string of the molecule is CC(CCc1ccccc1)CN(C)CC(=O)O. The molecule has 1 unspecified atom stereocenters. The molecule has 1 aromatic carbocycles. The Hall–Kier alpha value is -1.35. The maximum Gasteiger partial charge on any atom is 0.317 e. The van der Waals surface area contributed by atoms with E-state index in [9.17, 15) is 4.79 Å². The van der Waals surface area contributed by atoms with E-state index in [0.717, 1.165) is 19.4 Å². The molecule has 0 aliphatic carbocycles. The van der Waals surface area contributed by atoms with Crippen molar-refractivity contribution in [2.75, 3.05) is 20.1 Å². The Morgan fingerprint density at radius 1 is 1.35 bits per heavy atom. The first-order valence-corrected chi connectivity index (χ1v) is 6.02. The molecule has 1 aromatic rings. The van der Waals surface area contributed by atoms with Crippen LogP contribution in [0.2, 0.25) is 0 Å². The third-order valence-electron chi connectivity index (χ3n) is 2.80. The Morgan fingerprint density at radius 2 is 2.00 bits per heavy atom. The molecule has 0 radical (unpaired) electrons. The summed E-state index contributed by atoms with van der Waals surface area (Å²) >= 11 is 0. The number of hydrogen-bond acceptors (Lipinski definition) is 2. The lowest BCUT2D eigenvalue weighted by Crippen LogP contribution is -2.30. The normalized spacial score (nSPS) is 12.6. The zero-order valence-electron chi connectivity index (χ0n) is 10.6. The van der Waals surface area contributed by atoms with Crippen LogP contribution in [0, 0.1) is 5.92 Å². The van der Waals surface area contributed by atoms with Crippen molar-refractivity contribution >= 4 is 5.97 Å². The molecular formula is C14H21NO2. The van der Waals surface area contributed by atoms with Crippen molar-refractivity contribution in [3.05, 3.63) is 35.9 Å². The summed E-state index contributed by atoms with van der Waals surface area (Å²) in [6, 6.07) is 10.4. The molecule has 3 heteroatoms. The first-order chi connectivity index (χ1) is 8.08. The quantitative estimate of drug-likeness (QED) is 0.788. The lowest BCUT2D eigenvalue weighted by Gasteiger charge is -2.19. The minimum atomic E-state index is -0.761. The first kappa shape index (κ1) is 13.7. The predicted octanol–water partition coefficient (Wildman–Crippen LogP) is 2.27. The van der Waals surface area contributed by atoms with Crippen LogP contribution in [0.5, 0.6) is 0 Å². The lowest BCUT2D eigenvalue weighted by atomic mass is 10.0. The number of likely N-dealkylation sites (N-methyl/N-ethyl adjacent to an activating group) is 1. The van der Waals surface area contributed by atoms with Crippen molar-refractivity contribution in [3.8, 4) is 0 Å². The van der Waals surface area contributed by atoms with Gasteiger partial charge in [0.15, 0.2) is 0 Å². The number of carbonyl (C=O) groups is 1. The predicted molar refractivity (Wildman–Crippen MR) is 69.1 cm³/mol. The van der Waals surface area contributed by atoms with Gasteiger partial charge in [0.2, 0.25) is 0 Å². The van der Waals surface area contributed by atoms with E-state index < -0.39 is 5.97 Å². The van der Waals surface area contributed by atoms with E-state index in [2.05, 4.69) is 31.2 Å². The van der Waals surface area contributed by atoms with Crippen LogP contribution < -0.4 is 0 Å². The molecule has 1 atom stereocenters. The van der Waals surface area contributed by atoms with Gasteiger partial charge in [-0.1, -0.05) is 37.3 Å². The Balaban J connectivity index is 2.25. The largest absolute Gasteiger partial charge is 0.480 e. The number of benzene rings is 1. The van der Waals surface area contributed by atoms with Gasteiger partial charge in [-0.05, 0) is 31.4 Å². The third-order valence-corrected chi connectivity index (χ3v) is 2.80. The maximum atomic E-state index is 10.5. The van der Waals surface area contributed by atoms with E-state index in [0.29, 0.717) is 5.92 Å². The van der Waals surface area contributed by atoms with Gasteiger partial charge < -0.3 is 5.11 Å². The van der Waals surface area contributed by atoms with E-state index in [4.69, 9.17) is 5.11 Å². The van der Waals surface area contributed by atoms with Crippen LogP contribution in [-0.4, -0.2) is 36.1 Å². The van der Waals surface area contributed by atoms with Gasteiger partial charge in [0.05, 0.1) is 6.54 Å². The molecule has 17 heavy (non-hydrogen) atoms. The summed E-state index contributed by atoms with van der Waals surface area (Å²) < 4.78 is 0. The molecule has 0 aromatic heterocycles. The average molecular weight is 235 g/mol. The summed E-state index contributed by atoms with van der Waals surface area (Å²) in [5.41, 5.74) is 1.35. The Bertz CT molecular complexity index is 337. The van der Waals surface area contributed by atoms with Crippen molar-refractivity contribution in [1.29, 1.82) is 0 Å². The number of carboxylic acid groups (broad SMARTS) is 1. The van der Waals surface area contributed by atoms with E-state index >= 15 is 0 Å². The fraction of sp³-hybridized carbons (Fsp3) is 0.500. The van der Waals surface area contributed by atoms with Crippen LogP contribution in [0.15, 0.2) is 30.3 Å². The minimum Gasteiger partial charge on any atom is -0.480 e. The second-order valence-corrected chi connectivity index (χ2v) is 4.72. The smallest absolute Gasteiger partial charge is 0.317 e. The number of hydrogen-bond donors (Lipinski definition) is 1. The third kappa shape index (κ3) is 6.07. The van der Waals surface area contributed by atoms with E-state index in [1.165, 1.54) is 5.56 Å². The Labute approximate surface area is 103 Å². The highest BCUT2D eigenvalue weighted by Crippen LogP contribution is 2.10. The topological polar surface area (TPSA) is 40.5 Å². The van der Waals surface area contributed by atoms with Gasteiger partial charge in [0, 0.05) is 6.54 Å². The summed E-state index contributed by atoms with van der Waals surface area (Å²) in [5.74, 6) is -0.248. The van der Waals surface area contributed by atoms with Crippen molar-refractivity contribution in [3.63, 3.8) is 0 Å². The van der Waals surface area contributed by atoms with Crippen LogP contribution in [0.25, 0.3) is 0 Å². The lowest BCUT2D eigenvalue weighted by molar-refractivity contribution is -0.138. The van der Waals surface area contributed by atoms with Gasteiger partial charge in [-0.25, -0.2) is 0 Å². The van der Waals surface area contributed by atoms with Crippen LogP contribution in [0.4, 0.5) is 0 Å². The summed E-state index contributed by atoms with van der Waals surface area (Å²) in [6.45, 7) is 3.12. The summed E-state index contributed by atoms with van der Waals surface area (Å²) in [4.78, 5) is 12.4. The van der Waals surface area contributed by atoms with Crippen molar-refractivity contribution in [2.24, 2.45) is 5.92 Å². The highest BCUT2D eigenvalue weighted by Gasteiger charge is 2.09. The van der Waals surface area contributed by atoms with Crippen LogP contribution >= 0.6 is 0 Å². The molecule has 94 valence electrons. The van der Waals surface area contributed by atoms with Crippen molar-refractivity contribution in [2.45, 2.75) is 19.8 Å². The van der Waals surface area contributed by atoms with Gasteiger partial charge in [0.25, 0.3) is 0 Å². The fourth-order valence-corrected chi connectivity index (χ4v) is 1.98. The molecule has 3 nitrogen and oxygen atoms in total. The van der Waals surface area contributed by atoms with Crippen molar-refractivity contribution in [1.82, 2.24) is 4.90 Å². The van der Waals surface area contributed by atoms with Crippen LogP contribution in [0.3, 0.4) is 0 Å². The molecule has 0 fully saturated rings. The first-order valence-electron chi connectivity index (χ1n) is 6.02. The Morgan fingerprint density at radius 3 is 2.59 bits per heavy atom. The molecule has 0 saturated carbocycles. The molecule has 0 saturated heterocycles. The second kappa shape index (κ2) is 7.07. The number of nitrogens with zero attached hydrogens (tertiary/aromatic N) is 1. The zero-order valence-corrected chi connectivity index (χ0v) is 10.6. The summed E-state index contributed by atoms with van der Waals surface area (Å²) in [6.07, 6.45) is 2.15. The monoisotopic (exact) mass is 235 g/mol. The van der Waals surface area contributed by atoms with Crippen molar-refractivity contribution < 1.29 is 9.90 Å². The molecule has 0 heterocycles. The average Bonchev–Trinajstić information content (AvgIpc) is 2.26. The number of aliphatic carboxylic acids is 1. The number of rotatable bonds is 7. The van der Waals surface area contributed by atoms with E-state index in [-0.39, 0.29) is 6.54 Å². The molecule has 0 aliphatic heterocycles. The van der Waals surface area contributed by atoms with Gasteiger partial charge in [0.1, 0.15) is 0 Å². The van der Waals surface area contributed by atoms with Crippen LogP contribution in [0.1, 0.15) is 18.9 Å². The molecule has 1 rings (SSSR count). The van der Waals surface area contributed by atoms with Gasteiger partial charge in [-0.15, -0.1) is 0 Å². The molecule has 1 N–H and O–H groups in total. The van der Waals surface area contributed by atoms with Gasteiger partial charge in [-0.2, -0.15) is 0 Å². The number of carboxylic acids is 1. The maximum absolute atomic E-state index is 10.5. The standard InChI is InChI=1S/C14H21NO2/c1-12(10-15(2)11-14(16)17)8-9-13-6-4-3-5-7-13/h3-7,12H,8-11H2,1-2H3,(H,16,17). The molecule has 0 bridgehead atoms. The molecule has 0 aliphatic rings. The van der Waals surface area contributed by atoms with Crippen LogP contribution in [-0.2, 0) is 11.2 Å². The molecular weight excluding hydrogens is 214 g/mol. The van der Waals surface area contributed by atoms with Gasteiger partial charge in [-0.3, -0.25) is 9.69 Å². The summed E-state index contributed by atoms with van der Waals surface area (Å²) in [7, 11) is 1.85. The highest BCUT2D eigenvalue weighted by molar-refractivity contribution is 5.68. The van der Waals surface area contributed by atoms with E-state index in [1.807, 2.05) is 18.0 Å². The number of aryl methyl sites for hydroxylation is 1. The zero-order chi connectivity index (χ0) is 12.7. The van der Waals surface area contributed by atoms with E-state index in [1.54, 1.807) is 0 Å². The Kier molecular flexibility index (Phi) is 5.70. The molecule has 0 spiro atoms. The molecule has 0 amide bonds. The van der Waals surface area contributed by atoms with Gasteiger partial charge >= 0.3 is 5.97 Å². The fourth-order valence-electron chi connectivity index (χ4n) is 1.98. The highest BCUT2D eigenvalue weighted by atomic mass is 16.4. The summed E-state index contributed by atoms with van der Waals surface area (Å²) in [5, 5.41) is 8.66. The minimum absolute atomic E-state index is 0.121. The second-order valence-electron chi connectivity index (χ2n) is 4.72.